The van der Waals surface area contributed by atoms with Crippen molar-refractivity contribution in [2.75, 3.05) is 26.1 Å². The van der Waals surface area contributed by atoms with Crippen molar-refractivity contribution < 1.29 is 14.3 Å². The second kappa shape index (κ2) is 8.46. The minimum atomic E-state index is -0.197. The number of rotatable bonds is 6. The number of carbonyl (C=O) groups is 1. The predicted octanol–water partition coefficient (Wildman–Crippen LogP) is 4.02. The average molecular weight is 318 g/mol. The van der Waals surface area contributed by atoms with E-state index in [9.17, 15) is 4.79 Å². The van der Waals surface area contributed by atoms with E-state index in [0.29, 0.717) is 18.0 Å². The number of hydrogen-bond donors (Lipinski definition) is 2. The number of nitrogens with one attached hydrogen (secondary N) is 2. The molecule has 0 spiro atoms. The highest BCUT2D eigenvalue weighted by atomic mass is 16.5. The Morgan fingerprint density at radius 3 is 2.57 bits per heavy atom. The van der Waals surface area contributed by atoms with Crippen LogP contribution in [-0.2, 0) is 0 Å². The molecule has 2 rings (SSSR count). The van der Waals surface area contributed by atoms with Gasteiger partial charge in [0.2, 0.25) is 0 Å². The molecule has 23 heavy (non-hydrogen) atoms. The minimum Gasteiger partial charge on any atom is -0.493 e. The van der Waals surface area contributed by atoms with Crippen LogP contribution in [0.25, 0.3) is 0 Å². The van der Waals surface area contributed by atoms with Crippen molar-refractivity contribution in [1.82, 2.24) is 5.32 Å². The number of amides is 2. The van der Waals surface area contributed by atoms with Gasteiger partial charge in [-0.3, -0.25) is 0 Å². The molecule has 126 valence electrons. The molecule has 0 bridgehead atoms. The number of benzene rings is 1. The summed E-state index contributed by atoms with van der Waals surface area (Å²) >= 11 is 0. The summed E-state index contributed by atoms with van der Waals surface area (Å²) in [5.41, 5.74) is 3.10. The minimum absolute atomic E-state index is 0.197. The van der Waals surface area contributed by atoms with Gasteiger partial charge in [0.25, 0.3) is 0 Å². The molecule has 0 unspecified atom stereocenters. The first kappa shape index (κ1) is 17.2. The molecule has 0 saturated carbocycles. The normalized spacial score (nSPS) is 14.0. The van der Waals surface area contributed by atoms with Gasteiger partial charge in [0.15, 0.2) is 11.5 Å². The summed E-state index contributed by atoms with van der Waals surface area (Å²) in [5.74, 6) is 1.25. The Morgan fingerprint density at radius 2 is 1.91 bits per heavy atom. The molecule has 0 aromatic heterocycles. The zero-order valence-electron chi connectivity index (χ0n) is 14.2. The number of anilines is 1. The Labute approximate surface area is 138 Å². The smallest absolute Gasteiger partial charge is 0.319 e. The van der Waals surface area contributed by atoms with Crippen LogP contribution in [0.1, 0.15) is 37.7 Å². The van der Waals surface area contributed by atoms with E-state index in [1.165, 1.54) is 24.8 Å². The monoisotopic (exact) mass is 318 g/mol. The summed E-state index contributed by atoms with van der Waals surface area (Å²) in [6.07, 6.45) is 8.13. The molecule has 1 aliphatic carbocycles. The van der Waals surface area contributed by atoms with Crippen LogP contribution in [0.15, 0.2) is 23.8 Å². The Hall–Kier alpha value is -2.17. The Bertz CT molecular complexity index is 582. The van der Waals surface area contributed by atoms with Gasteiger partial charge in [0.1, 0.15) is 0 Å². The summed E-state index contributed by atoms with van der Waals surface area (Å²) < 4.78 is 10.5. The first-order chi connectivity index (χ1) is 11.1. The molecule has 0 atom stereocenters. The standard InChI is InChI=1S/C18H26N2O3/c1-13-11-16(22-2)17(23-3)12-15(13)20-18(21)19-10-9-14-7-5-4-6-8-14/h7,11-12H,4-6,8-10H2,1-3H3,(H2,19,20,21). The number of urea groups is 1. The fourth-order valence-electron chi connectivity index (χ4n) is 2.75. The molecule has 1 aromatic carbocycles. The topological polar surface area (TPSA) is 59.6 Å². The zero-order valence-corrected chi connectivity index (χ0v) is 14.2. The van der Waals surface area contributed by atoms with Crippen molar-refractivity contribution in [2.24, 2.45) is 0 Å². The molecule has 0 heterocycles. The van der Waals surface area contributed by atoms with Crippen LogP contribution in [0.4, 0.5) is 10.5 Å². The van der Waals surface area contributed by atoms with Gasteiger partial charge < -0.3 is 20.1 Å². The average Bonchev–Trinajstić information content (AvgIpc) is 2.57. The molecule has 0 fully saturated rings. The van der Waals surface area contributed by atoms with E-state index >= 15 is 0 Å². The second-order valence-corrected chi connectivity index (χ2v) is 5.76. The van der Waals surface area contributed by atoms with Gasteiger partial charge in [-0.05, 0) is 50.7 Å². The highest BCUT2D eigenvalue weighted by Crippen LogP contribution is 2.32. The van der Waals surface area contributed by atoms with E-state index in [1.54, 1.807) is 20.3 Å². The summed E-state index contributed by atoms with van der Waals surface area (Å²) in [5, 5.41) is 5.78. The molecule has 2 N–H and O–H groups in total. The third-order valence-corrected chi connectivity index (χ3v) is 4.10. The van der Waals surface area contributed by atoms with Gasteiger partial charge >= 0.3 is 6.03 Å². The maximum absolute atomic E-state index is 12.0. The third-order valence-electron chi connectivity index (χ3n) is 4.10. The van der Waals surface area contributed by atoms with Crippen LogP contribution in [0.5, 0.6) is 11.5 Å². The van der Waals surface area contributed by atoms with E-state index in [4.69, 9.17) is 9.47 Å². The van der Waals surface area contributed by atoms with Gasteiger partial charge in [-0.25, -0.2) is 4.79 Å². The van der Waals surface area contributed by atoms with Crippen LogP contribution >= 0.6 is 0 Å². The first-order valence-electron chi connectivity index (χ1n) is 8.09. The van der Waals surface area contributed by atoms with Crippen molar-refractivity contribution in [1.29, 1.82) is 0 Å². The molecule has 1 aromatic rings. The van der Waals surface area contributed by atoms with Crippen molar-refractivity contribution in [3.63, 3.8) is 0 Å². The number of ether oxygens (including phenoxy) is 2. The lowest BCUT2D eigenvalue weighted by molar-refractivity contribution is 0.252. The lowest BCUT2D eigenvalue weighted by Crippen LogP contribution is -2.30. The molecular formula is C18H26N2O3. The van der Waals surface area contributed by atoms with Crippen LogP contribution in [0.3, 0.4) is 0 Å². The Morgan fingerprint density at radius 1 is 1.17 bits per heavy atom. The van der Waals surface area contributed by atoms with Gasteiger partial charge in [0.05, 0.1) is 14.2 Å². The second-order valence-electron chi connectivity index (χ2n) is 5.76. The number of hydrogen-bond acceptors (Lipinski definition) is 3. The van der Waals surface area contributed by atoms with Crippen LogP contribution in [0, 0.1) is 6.92 Å². The lowest BCUT2D eigenvalue weighted by atomic mass is 9.97. The molecule has 0 aliphatic heterocycles. The maximum atomic E-state index is 12.0. The number of methoxy groups -OCH3 is 2. The van der Waals surface area contributed by atoms with Crippen molar-refractivity contribution in [2.45, 2.75) is 39.0 Å². The van der Waals surface area contributed by atoms with Crippen molar-refractivity contribution >= 4 is 11.7 Å². The van der Waals surface area contributed by atoms with Gasteiger partial charge in [-0.2, -0.15) is 0 Å². The molecule has 1 aliphatic rings. The molecular weight excluding hydrogens is 292 g/mol. The summed E-state index contributed by atoms with van der Waals surface area (Å²) in [4.78, 5) is 12.0. The van der Waals surface area contributed by atoms with Crippen molar-refractivity contribution in [3.8, 4) is 11.5 Å². The molecule has 0 saturated heterocycles. The van der Waals surface area contributed by atoms with E-state index in [-0.39, 0.29) is 6.03 Å². The largest absolute Gasteiger partial charge is 0.493 e. The maximum Gasteiger partial charge on any atom is 0.319 e. The number of carbonyl (C=O) groups excluding carboxylic acids is 1. The van der Waals surface area contributed by atoms with Gasteiger partial charge in [-0.15, -0.1) is 0 Å². The highest BCUT2D eigenvalue weighted by molar-refractivity contribution is 5.90. The fourth-order valence-corrected chi connectivity index (χ4v) is 2.75. The van der Waals surface area contributed by atoms with E-state index in [1.807, 2.05) is 13.0 Å². The summed E-state index contributed by atoms with van der Waals surface area (Å²) in [7, 11) is 3.17. The Kier molecular flexibility index (Phi) is 6.32. The molecule has 0 radical (unpaired) electrons. The molecule has 5 heteroatoms. The Balaban J connectivity index is 1.88. The van der Waals surface area contributed by atoms with Crippen molar-refractivity contribution in [3.05, 3.63) is 29.3 Å². The number of aryl methyl sites for hydroxylation is 1. The number of allylic oxidation sites excluding steroid dienone is 1. The van der Waals surface area contributed by atoms with Gasteiger partial charge in [-0.1, -0.05) is 11.6 Å². The van der Waals surface area contributed by atoms with Crippen LogP contribution in [0.2, 0.25) is 0 Å². The van der Waals surface area contributed by atoms with Crippen LogP contribution in [-0.4, -0.2) is 26.8 Å². The van der Waals surface area contributed by atoms with E-state index in [2.05, 4.69) is 16.7 Å². The molecule has 5 nitrogen and oxygen atoms in total. The summed E-state index contributed by atoms with van der Waals surface area (Å²) in [6, 6.07) is 3.43. The van der Waals surface area contributed by atoms with E-state index in [0.717, 1.165) is 24.1 Å². The third kappa shape index (κ3) is 4.91. The molecule has 2 amide bonds. The van der Waals surface area contributed by atoms with Gasteiger partial charge in [0, 0.05) is 18.3 Å². The quantitative estimate of drug-likeness (QED) is 0.779. The SMILES string of the molecule is COc1cc(C)c(NC(=O)NCCC2=CCCCC2)cc1OC. The summed E-state index contributed by atoms with van der Waals surface area (Å²) in [6.45, 7) is 2.58. The van der Waals surface area contributed by atoms with Crippen LogP contribution < -0.4 is 20.1 Å². The first-order valence-corrected chi connectivity index (χ1v) is 8.09. The zero-order chi connectivity index (χ0) is 16.7. The fraction of sp³-hybridized carbons (Fsp3) is 0.500. The lowest BCUT2D eigenvalue weighted by Gasteiger charge is -2.15. The highest BCUT2D eigenvalue weighted by Gasteiger charge is 2.11. The predicted molar refractivity (Wildman–Crippen MR) is 92.5 cm³/mol. The van der Waals surface area contributed by atoms with E-state index < -0.39 is 0 Å².